The zero-order chi connectivity index (χ0) is 22.4. The Labute approximate surface area is 179 Å². The first kappa shape index (κ1) is 22.1. The highest BCUT2D eigenvalue weighted by molar-refractivity contribution is 5.77. The number of nitro groups is 1. The van der Waals surface area contributed by atoms with Crippen molar-refractivity contribution in [3.8, 4) is 11.5 Å². The van der Waals surface area contributed by atoms with Gasteiger partial charge in [0, 0.05) is 19.2 Å². The number of hydrogen-bond donors (Lipinski definition) is 1. The molecule has 166 valence electrons. The number of ether oxygens (including phenoxy) is 3. The molecule has 0 unspecified atom stereocenters. The maximum Gasteiger partial charge on any atom is 0.353 e. The molecule has 0 saturated carbocycles. The molecule has 2 aromatic rings. The molecule has 31 heavy (non-hydrogen) atoms. The van der Waals surface area contributed by atoms with Crippen LogP contribution in [0.1, 0.15) is 19.8 Å². The number of nitrogens with zero attached hydrogens (tertiary/aromatic N) is 4. The molecule has 0 atom stereocenters. The van der Waals surface area contributed by atoms with Gasteiger partial charge in [-0.05, 0) is 31.9 Å². The van der Waals surface area contributed by atoms with Gasteiger partial charge in [-0.2, -0.15) is 0 Å². The molecule has 1 fully saturated rings. The van der Waals surface area contributed by atoms with Crippen LogP contribution in [-0.2, 0) is 9.53 Å². The van der Waals surface area contributed by atoms with E-state index < -0.39 is 4.92 Å². The molecule has 1 N–H and O–H groups in total. The summed E-state index contributed by atoms with van der Waals surface area (Å²) in [5.74, 6) is 0.851. The van der Waals surface area contributed by atoms with Crippen molar-refractivity contribution in [2.24, 2.45) is 5.92 Å². The molecule has 0 spiro atoms. The molecule has 3 rings (SSSR count). The van der Waals surface area contributed by atoms with Crippen LogP contribution in [0.25, 0.3) is 0 Å². The van der Waals surface area contributed by atoms with Gasteiger partial charge < -0.3 is 24.4 Å². The van der Waals surface area contributed by atoms with E-state index in [1.807, 2.05) is 0 Å². The molecular weight excluding hydrogens is 406 g/mol. The fourth-order valence-electron chi connectivity index (χ4n) is 3.48. The number of carbonyl (C=O) groups excluding carboxylic acids is 1. The van der Waals surface area contributed by atoms with Crippen LogP contribution < -0.4 is 19.7 Å². The number of carbonyl (C=O) groups is 1. The Morgan fingerprint density at radius 2 is 2.00 bits per heavy atom. The maximum atomic E-state index is 12.0. The second-order valence-corrected chi connectivity index (χ2v) is 6.86. The van der Waals surface area contributed by atoms with Crippen molar-refractivity contribution in [1.82, 2.24) is 9.97 Å². The molecule has 0 amide bonds. The summed E-state index contributed by atoms with van der Waals surface area (Å²) in [4.78, 5) is 33.4. The van der Waals surface area contributed by atoms with Crippen LogP contribution in [-0.4, -0.2) is 54.8 Å². The fraction of sp³-hybridized carbons (Fsp3) is 0.450. The first-order valence-electron chi connectivity index (χ1n) is 9.88. The average Bonchev–Trinajstić information content (AvgIpc) is 2.79. The molecule has 1 aromatic carbocycles. The minimum absolute atomic E-state index is 0.0472. The van der Waals surface area contributed by atoms with Crippen molar-refractivity contribution in [2.75, 3.05) is 44.1 Å². The Balaban J connectivity index is 1.86. The Bertz CT molecular complexity index is 946. The molecule has 0 aliphatic carbocycles. The summed E-state index contributed by atoms with van der Waals surface area (Å²) in [6.45, 7) is 3.00. The summed E-state index contributed by atoms with van der Waals surface area (Å²) in [7, 11) is 3.03. The lowest BCUT2D eigenvalue weighted by Crippen LogP contribution is -2.37. The Morgan fingerprint density at radius 3 is 2.61 bits per heavy atom. The van der Waals surface area contributed by atoms with Gasteiger partial charge in [-0.25, -0.2) is 9.97 Å². The Morgan fingerprint density at radius 1 is 1.26 bits per heavy atom. The lowest BCUT2D eigenvalue weighted by atomic mass is 9.97. The molecule has 2 heterocycles. The monoisotopic (exact) mass is 431 g/mol. The standard InChI is InChI=1S/C20H25N5O6/c1-4-31-20(26)13-7-9-24(10-8-13)19-17(25(27)28)18(21-12-22-19)23-15-6-5-14(29-2)11-16(15)30-3/h5-6,11-13H,4,7-10H2,1-3H3,(H,21,22,23). The van der Waals surface area contributed by atoms with E-state index in [9.17, 15) is 14.9 Å². The van der Waals surface area contributed by atoms with Gasteiger partial charge in [-0.3, -0.25) is 14.9 Å². The van der Waals surface area contributed by atoms with Crippen LogP contribution in [0.5, 0.6) is 11.5 Å². The number of methoxy groups -OCH3 is 2. The minimum Gasteiger partial charge on any atom is -0.497 e. The maximum absolute atomic E-state index is 12.0. The predicted molar refractivity (Wildman–Crippen MR) is 113 cm³/mol. The summed E-state index contributed by atoms with van der Waals surface area (Å²) in [6, 6.07) is 5.06. The van der Waals surface area contributed by atoms with E-state index in [4.69, 9.17) is 14.2 Å². The number of rotatable bonds is 8. The van der Waals surface area contributed by atoms with E-state index in [1.54, 1.807) is 30.0 Å². The van der Waals surface area contributed by atoms with Crippen molar-refractivity contribution < 1.29 is 23.9 Å². The number of esters is 1. The van der Waals surface area contributed by atoms with E-state index in [1.165, 1.54) is 20.5 Å². The van der Waals surface area contributed by atoms with Crippen molar-refractivity contribution >= 4 is 29.0 Å². The molecule has 0 bridgehead atoms. The minimum atomic E-state index is -0.509. The van der Waals surface area contributed by atoms with Gasteiger partial charge in [0.25, 0.3) is 0 Å². The van der Waals surface area contributed by atoms with Crippen molar-refractivity contribution in [3.05, 3.63) is 34.6 Å². The molecule has 1 aliphatic rings. The number of aromatic nitrogens is 2. The topological polar surface area (TPSA) is 129 Å². The number of hydrogen-bond acceptors (Lipinski definition) is 10. The zero-order valence-corrected chi connectivity index (χ0v) is 17.7. The molecular formula is C20H25N5O6. The summed E-state index contributed by atoms with van der Waals surface area (Å²) in [5, 5.41) is 14.9. The van der Waals surface area contributed by atoms with Gasteiger partial charge in [0.15, 0.2) is 0 Å². The first-order chi connectivity index (χ1) is 15.0. The van der Waals surface area contributed by atoms with E-state index in [0.29, 0.717) is 49.7 Å². The van der Waals surface area contributed by atoms with E-state index in [-0.39, 0.29) is 29.2 Å². The summed E-state index contributed by atoms with van der Waals surface area (Å²) < 4.78 is 15.6. The SMILES string of the molecule is CCOC(=O)C1CCN(c2ncnc(Nc3ccc(OC)cc3OC)c2[N+](=O)[O-])CC1. The van der Waals surface area contributed by atoms with E-state index in [2.05, 4.69) is 15.3 Å². The largest absolute Gasteiger partial charge is 0.497 e. The third-order valence-corrected chi connectivity index (χ3v) is 5.06. The first-order valence-corrected chi connectivity index (χ1v) is 9.88. The summed E-state index contributed by atoms with van der Waals surface area (Å²) in [6.07, 6.45) is 2.35. The second kappa shape index (κ2) is 9.92. The second-order valence-electron chi connectivity index (χ2n) is 6.86. The summed E-state index contributed by atoms with van der Waals surface area (Å²) in [5.41, 5.74) is 0.257. The number of benzene rings is 1. The molecule has 11 heteroatoms. The van der Waals surface area contributed by atoms with Crippen LogP contribution in [0.3, 0.4) is 0 Å². The molecule has 1 aromatic heterocycles. The van der Waals surface area contributed by atoms with Crippen LogP contribution in [0.4, 0.5) is 23.0 Å². The van der Waals surface area contributed by atoms with Crippen LogP contribution >= 0.6 is 0 Å². The van der Waals surface area contributed by atoms with Crippen molar-refractivity contribution in [2.45, 2.75) is 19.8 Å². The van der Waals surface area contributed by atoms with Gasteiger partial charge in [0.2, 0.25) is 11.6 Å². The lowest BCUT2D eigenvalue weighted by molar-refractivity contribution is -0.383. The highest BCUT2D eigenvalue weighted by Gasteiger charge is 2.32. The van der Waals surface area contributed by atoms with Crippen LogP contribution in [0.15, 0.2) is 24.5 Å². The Kier molecular flexibility index (Phi) is 7.06. The van der Waals surface area contributed by atoms with Gasteiger partial charge >= 0.3 is 11.7 Å². The number of nitrogens with one attached hydrogen (secondary N) is 1. The van der Waals surface area contributed by atoms with Gasteiger partial charge in [-0.15, -0.1) is 0 Å². The third-order valence-electron chi connectivity index (χ3n) is 5.06. The number of anilines is 3. The normalized spacial score (nSPS) is 14.1. The van der Waals surface area contributed by atoms with Crippen LogP contribution in [0, 0.1) is 16.0 Å². The Hall–Kier alpha value is -3.63. The summed E-state index contributed by atoms with van der Waals surface area (Å²) >= 11 is 0. The average molecular weight is 431 g/mol. The van der Waals surface area contributed by atoms with E-state index >= 15 is 0 Å². The van der Waals surface area contributed by atoms with E-state index in [0.717, 1.165) is 0 Å². The molecule has 0 radical (unpaired) electrons. The smallest absolute Gasteiger partial charge is 0.353 e. The highest BCUT2D eigenvalue weighted by atomic mass is 16.6. The van der Waals surface area contributed by atoms with Crippen molar-refractivity contribution in [1.29, 1.82) is 0 Å². The zero-order valence-electron chi connectivity index (χ0n) is 17.7. The van der Waals surface area contributed by atoms with Crippen molar-refractivity contribution in [3.63, 3.8) is 0 Å². The lowest BCUT2D eigenvalue weighted by Gasteiger charge is -2.31. The molecule has 11 nitrogen and oxygen atoms in total. The quantitative estimate of drug-likeness (QED) is 0.378. The predicted octanol–water partition coefficient (Wildman–Crippen LogP) is 2.93. The van der Waals surface area contributed by atoms with Gasteiger partial charge in [-0.1, -0.05) is 0 Å². The fourth-order valence-corrected chi connectivity index (χ4v) is 3.48. The molecule has 1 saturated heterocycles. The third kappa shape index (κ3) is 4.93. The molecule has 1 aliphatic heterocycles. The highest BCUT2D eigenvalue weighted by Crippen LogP contribution is 2.38. The van der Waals surface area contributed by atoms with Gasteiger partial charge in [0.1, 0.15) is 17.8 Å². The van der Waals surface area contributed by atoms with Gasteiger partial charge in [0.05, 0.1) is 37.4 Å². The number of piperidine rings is 1. The van der Waals surface area contributed by atoms with Crippen LogP contribution in [0.2, 0.25) is 0 Å².